The zero-order chi connectivity index (χ0) is 14.4. The number of benzene rings is 2. The maximum absolute atomic E-state index is 11.8. The highest BCUT2D eigenvalue weighted by Crippen LogP contribution is 2.19. The van der Waals surface area contributed by atoms with Crippen molar-refractivity contribution in [2.45, 2.75) is 20.3 Å². The number of carbonyl (C=O) groups excluding carboxylic acids is 1. The summed E-state index contributed by atoms with van der Waals surface area (Å²) in [7, 11) is 0. The standard InChI is InChI=1S/C18H21NO/c1-14(2)13-19-18(20)12-15-8-10-17(11-9-15)16-6-4-3-5-7-16/h3-11,14H,12-13H2,1-2H3,(H,19,20). The number of hydrogen-bond donors (Lipinski definition) is 1. The van der Waals surface area contributed by atoms with Gasteiger partial charge in [0, 0.05) is 6.54 Å². The Morgan fingerprint density at radius 2 is 1.55 bits per heavy atom. The number of nitrogens with one attached hydrogen (secondary N) is 1. The van der Waals surface area contributed by atoms with Crippen LogP contribution in [0.15, 0.2) is 54.6 Å². The molecule has 0 unspecified atom stereocenters. The summed E-state index contributed by atoms with van der Waals surface area (Å²) in [6.45, 7) is 4.92. The van der Waals surface area contributed by atoms with Gasteiger partial charge in [-0.05, 0) is 22.6 Å². The first-order valence-electron chi connectivity index (χ1n) is 7.06. The van der Waals surface area contributed by atoms with Crippen LogP contribution in [0.5, 0.6) is 0 Å². The van der Waals surface area contributed by atoms with Gasteiger partial charge in [0.1, 0.15) is 0 Å². The van der Waals surface area contributed by atoms with Gasteiger partial charge < -0.3 is 5.32 Å². The van der Waals surface area contributed by atoms with Crippen LogP contribution >= 0.6 is 0 Å². The Balaban J connectivity index is 1.97. The molecule has 1 amide bonds. The van der Waals surface area contributed by atoms with E-state index < -0.39 is 0 Å². The average molecular weight is 267 g/mol. The molecule has 0 spiro atoms. The van der Waals surface area contributed by atoms with Crippen molar-refractivity contribution in [3.8, 4) is 11.1 Å². The molecule has 2 aromatic carbocycles. The topological polar surface area (TPSA) is 29.1 Å². The van der Waals surface area contributed by atoms with E-state index in [4.69, 9.17) is 0 Å². The molecule has 2 rings (SSSR count). The van der Waals surface area contributed by atoms with Gasteiger partial charge in [0.05, 0.1) is 6.42 Å². The van der Waals surface area contributed by atoms with Crippen molar-refractivity contribution in [2.24, 2.45) is 5.92 Å². The zero-order valence-corrected chi connectivity index (χ0v) is 12.1. The number of amides is 1. The Kier molecular flexibility index (Phi) is 4.94. The summed E-state index contributed by atoms with van der Waals surface area (Å²) >= 11 is 0. The number of carbonyl (C=O) groups is 1. The van der Waals surface area contributed by atoms with Crippen molar-refractivity contribution in [3.05, 3.63) is 60.2 Å². The molecule has 2 nitrogen and oxygen atoms in total. The van der Waals surface area contributed by atoms with Crippen molar-refractivity contribution >= 4 is 5.91 Å². The molecular weight excluding hydrogens is 246 g/mol. The molecule has 0 fully saturated rings. The Morgan fingerprint density at radius 1 is 0.950 bits per heavy atom. The molecule has 0 saturated carbocycles. The molecule has 0 aliphatic carbocycles. The largest absolute Gasteiger partial charge is 0.356 e. The summed E-state index contributed by atoms with van der Waals surface area (Å²) < 4.78 is 0. The minimum atomic E-state index is 0.0890. The summed E-state index contributed by atoms with van der Waals surface area (Å²) in [6.07, 6.45) is 0.446. The summed E-state index contributed by atoms with van der Waals surface area (Å²) in [4.78, 5) is 11.8. The fourth-order valence-electron chi connectivity index (χ4n) is 2.01. The first-order valence-corrected chi connectivity index (χ1v) is 7.06. The first kappa shape index (κ1) is 14.3. The van der Waals surface area contributed by atoms with Gasteiger partial charge in [0.15, 0.2) is 0 Å². The normalized spacial score (nSPS) is 10.6. The molecule has 2 heteroatoms. The van der Waals surface area contributed by atoms with Crippen LogP contribution < -0.4 is 5.32 Å². The highest BCUT2D eigenvalue weighted by molar-refractivity contribution is 5.78. The van der Waals surface area contributed by atoms with Gasteiger partial charge in [-0.1, -0.05) is 68.4 Å². The van der Waals surface area contributed by atoms with E-state index in [9.17, 15) is 4.79 Å². The van der Waals surface area contributed by atoms with Crippen LogP contribution in [0, 0.1) is 5.92 Å². The van der Waals surface area contributed by atoms with E-state index in [1.165, 1.54) is 11.1 Å². The molecule has 1 N–H and O–H groups in total. The summed E-state index contributed by atoms with van der Waals surface area (Å²) in [6, 6.07) is 18.4. The monoisotopic (exact) mass is 267 g/mol. The second-order valence-electron chi connectivity index (χ2n) is 5.44. The van der Waals surface area contributed by atoms with Gasteiger partial charge >= 0.3 is 0 Å². The number of rotatable bonds is 5. The second-order valence-corrected chi connectivity index (χ2v) is 5.44. The lowest BCUT2D eigenvalue weighted by Crippen LogP contribution is -2.28. The lowest BCUT2D eigenvalue weighted by molar-refractivity contribution is -0.120. The van der Waals surface area contributed by atoms with E-state index in [2.05, 4.69) is 43.4 Å². The van der Waals surface area contributed by atoms with E-state index in [0.717, 1.165) is 12.1 Å². The SMILES string of the molecule is CC(C)CNC(=O)Cc1ccc(-c2ccccc2)cc1. The highest BCUT2D eigenvalue weighted by Gasteiger charge is 2.04. The van der Waals surface area contributed by atoms with Gasteiger partial charge in [-0.2, -0.15) is 0 Å². The van der Waals surface area contributed by atoms with Crippen LogP contribution in [0.25, 0.3) is 11.1 Å². The van der Waals surface area contributed by atoms with Crippen molar-refractivity contribution in [1.29, 1.82) is 0 Å². The summed E-state index contributed by atoms with van der Waals surface area (Å²) in [5.41, 5.74) is 3.42. The Morgan fingerprint density at radius 3 is 2.15 bits per heavy atom. The highest BCUT2D eigenvalue weighted by atomic mass is 16.1. The van der Waals surface area contributed by atoms with Gasteiger partial charge in [0.2, 0.25) is 5.91 Å². The van der Waals surface area contributed by atoms with Crippen LogP contribution in [0.2, 0.25) is 0 Å². The minimum Gasteiger partial charge on any atom is -0.356 e. The molecule has 0 saturated heterocycles. The van der Waals surface area contributed by atoms with Gasteiger partial charge in [-0.15, -0.1) is 0 Å². The Hall–Kier alpha value is -2.09. The first-order chi connectivity index (χ1) is 9.65. The average Bonchev–Trinajstić information content (AvgIpc) is 2.47. The van der Waals surface area contributed by atoms with Crippen molar-refractivity contribution in [3.63, 3.8) is 0 Å². The quantitative estimate of drug-likeness (QED) is 0.880. The third-order valence-electron chi connectivity index (χ3n) is 3.13. The van der Waals surface area contributed by atoms with Crippen molar-refractivity contribution in [1.82, 2.24) is 5.32 Å². The minimum absolute atomic E-state index is 0.0890. The molecule has 0 aromatic heterocycles. The summed E-state index contributed by atoms with van der Waals surface area (Å²) in [5.74, 6) is 0.575. The van der Waals surface area contributed by atoms with E-state index in [0.29, 0.717) is 12.3 Å². The van der Waals surface area contributed by atoms with E-state index in [-0.39, 0.29) is 5.91 Å². The smallest absolute Gasteiger partial charge is 0.224 e. The second kappa shape index (κ2) is 6.90. The molecule has 2 aromatic rings. The zero-order valence-electron chi connectivity index (χ0n) is 12.1. The predicted molar refractivity (Wildman–Crippen MR) is 83.4 cm³/mol. The Labute approximate surface area is 120 Å². The third-order valence-corrected chi connectivity index (χ3v) is 3.13. The van der Waals surface area contributed by atoms with E-state index in [1.807, 2.05) is 30.3 Å². The van der Waals surface area contributed by atoms with Gasteiger partial charge in [0.25, 0.3) is 0 Å². The molecule has 0 aliphatic heterocycles. The fourth-order valence-corrected chi connectivity index (χ4v) is 2.01. The summed E-state index contributed by atoms with van der Waals surface area (Å²) in [5, 5.41) is 2.94. The van der Waals surface area contributed by atoms with Crippen molar-refractivity contribution in [2.75, 3.05) is 6.54 Å². The molecule has 0 heterocycles. The molecule has 104 valence electrons. The van der Waals surface area contributed by atoms with Crippen LogP contribution in [-0.4, -0.2) is 12.5 Å². The Bertz CT molecular complexity index is 543. The molecule has 0 bridgehead atoms. The van der Waals surface area contributed by atoms with Gasteiger partial charge in [-0.3, -0.25) is 4.79 Å². The van der Waals surface area contributed by atoms with Gasteiger partial charge in [-0.25, -0.2) is 0 Å². The third kappa shape index (κ3) is 4.23. The predicted octanol–water partition coefficient (Wildman–Crippen LogP) is 3.67. The van der Waals surface area contributed by atoms with Crippen LogP contribution in [-0.2, 0) is 11.2 Å². The maximum atomic E-state index is 11.8. The van der Waals surface area contributed by atoms with E-state index >= 15 is 0 Å². The molecule has 0 radical (unpaired) electrons. The molecule has 0 aliphatic rings. The maximum Gasteiger partial charge on any atom is 0.224 e. The number of hydrogen-bond acceptors (Lipinski definition) is 1. The molecule has 20 heavy (non-hydrogen) atoms. The fraction of sp³-hybridized carbons (Fsp3) is 0.278. The van der Waals surface area contributed by atoms with Crippen molar-refractivity contribution < 1.29 is 4.79 Å². The lowest BCUT2D eigenvalue weighted by Gasteiger charge is -2.08. The van der Waals surface area contributed by atoms with Crippen LogP contribution in [0.3, 0.4) is 0 Å². The lowest BCUT2D eigenvalue weighted by atomic mass is 10.0. The molecular formula is C18H21NO. The van der Waals surface area contributed by atoms with Crippen LogP contribution in [0.4, 0.5) is 0 Å². The molecule has 0 atom stereocenters. The van der Waals surface area contributed by atoms with Crippen LogP contribution in [0.1, 0.15) is 19.4 Å². The van der Waals surface area contributed by atoms with E-state index in [1.54, 1.807) is 0 Å².